The van der Waals surface area contributed by atoms with Gasteiger partial charge >= 0.3 is 12.1 Å². The van der Waals surface area contributed by atoms with Gasteiger partial charge in [0.2, 0.25) is 5.91 Å². The molecule has 0 spiro atoms. The third-order valence-corrected chi connectivity index (χ3v) is 2.39. The van der Waals surface area contributed by atoms with Crippen LogP contribution in [0.1, 0.15) is 22.8 Å². The maximum Gasteiger partial charge on any atom is 0.416 e. The Morgan fingerprint density at radius 3 is 2.45 bits per heavy atom. The van der Waals surface area contributed by atoms with Gasteiger partial charge in [-0.15, -0.1) is 0 Å². The lowest BCUT2D eigenvalue weighted by Crippen LogP contribution is -2.28. The SMILES string of the molecule is CCNCC(=O)Nc1cc(C(F)(F)F)ccc1C(=O)O. The molecule has 0 bridgehead atoms. The molecule has 0 aliphatic heterocycles. The highest BCUT2D eigenvalue weighted by atomic mass is 19.4. The highest BCUT2D eigenvalue weighted by Gasteiger charge is 2.31. The largest absolute Gasteiger partial charge is 0.478 e. The van der Waals surface area contributed by atoms with Gasteiger partial charge in [-0.2, -0.15) is 13.2 Å². The van der Waals surface area contributed by atoms with E-state index < -0.39 is 29.2 Å². The summed E-state index contributed by atoms with van der Waals surface area (Å²) in [4.78, 5) is 22.4. The first-order valence-electron chi connectivity index (χ1n) is 5.70. The minimum absolute atomic E-state index is 0.119. The molecule has 1 rings (SSSR count). The molecule has 0 radical (unpaired) electrons. The molecule has 0 aliphatic carbocycles. The minimum atomic E-state index is -4.61. The van der Waals surface area contributed by atoms with Crippen molar-refractivity contribution in [1.82, 2.24) is 5.32 Å². The van der Waals surface area contributed by atoms with E-state index in [0.29, 0.717) is 18.7 Å². The van der Waals surface area contributed by atoms with E-state index >= 15 is 0 Å². The number of anilines is 1. The van der Waals surface area contributed by atoms with Gasteiger partial charge in [-0.25, -0.2) is 4.79 Å². The van der Waals surface area contributed by atoms with Crippen molar-refractivity contribution >= 4 is 17.6 Å². The summed E-state index contributed by atoms with van der Waals surface area (Å²) in [6.45, 7) is 2.13. The third kappa shape index (κ3) is 4.23. The van der Waals surface area contributed by atoms with Crippen molar-refractivity contribution in [2.75, 3.05) is 18.4 Å². The Hall–Kier alpha value is -2.09. The number of hydrogen-bond donors (Lipinski definition) is 3. The summed E-state index contributed by atoms with van der Waals surface area (Å²) in [5, 5.41) is 13.7. The Morgan fingerprint density at radius 1 is 1.30 bits per heavy atom. The van der Waals surface area contributed by atoms with E-state index in [1.807, 2.05) is 0 Å². The molecule has 0 unspecified atom stereocenters. The van der Waals surface area contributed by atoms with E-state index in [1.165, 1.54) is 0 Å². The first-order chi connectivity index (χ1) is 9.25. The molecular weight excluding hydrogens is 277 g/mol. The Balaban J connectivity index is 3.06. The van der Waals surface area contributed by atoms with Gasteiger partial charge in [0.25, 0.3) is 0 Å². The van der Waals surface area contributed by atoms with Crippen molar-refractivity contribution < 1.29 is 27.9 Å². The quantitative estimate of drug-likeness (QED) is 0.774. The fourth-order valence-electron chi connectivity index (χ4n) is 1.44. The predicted octanol–water partition coefficient (Wildman–Crippen LogP) is 1.95. The number of rotatable bonds is 5. The summed E-state index contributed by atoms with van der Waals surface area (Å²) >= 11 is 0. The number of benzene rings is 1. The number of nitrogens with one attached hydrogen (secondary N) is 2. The maximum absolute atomic E-state index is 12.6. The van der Waals surface area contributed by atoms with Gasteiger partial charge in [0.1, 0.15) is 0 Å². The zero-order valence-corrected chi connectivity index (χ0v) is 10.5. The van der Waals surface area contributed by atoms with E-state index in [1.54, 1.807) is 6.92 Å². The summed E-state index contributed by atoms with van der Waals surface area (Å²) in [5.41, 5.74) is -1.81. The summed E-state index contributed by atoms with van der Waals surface area (Å²) in [5.74, 6) is -2.04. The molecular formula is C12H13F3N2O3. The van der Waals surface area contributed by atoms with E-state index in [2.05, 4.69) is 10.6 Å². The Morgan fingerprint density at radius 2 is 1.95 bits per heavy atom. The molecule has 0 heterocycles. The number of carboxylic acids is 1. The molecule has 3 N–H and O–H groups in total. The molecule has 0 atom stereocenters. The lowest BCUT2D eigenvalue weighted by Gasteiger charge is -2.12. The highest BCUT2D eigenvalue weighted by Crippen LogP contribution is 2.32. The van der Waals surface area contributed by atoms with Crippen LogP contribution < -0.4 is 10.6 Å². The molecule has 0 aliphatic rings. The highest BCUT2D eigenvalue weighted by molar-refractivity contribution is 6.01. The summed E-state index contributed by atoms with van der Waals surface area (Å²) in [6, 6.07) is 2.07. The standard InChI is InChI=1S/C12H13F3N2O3/c1-2-16-6-10(18)17-9-5-7(12(13,14)15)3-4-8(9)11(19)20/h3-5,16H,2,6H2,1H3,(H,17,18)(H,19,20). The predicted molar refractivity (Wildman–Crippen MR) is 65.6 cm³/mol. The number of carbonyl (C=O) groups excluding carboxylic acids is 1. The monoisotopic (exact) mass is 290 g/mol. The zero-order valence-electron chi connectivity index (χ0n) is 10.5. The first kappa shape index (κ1) is 16.0. The van der Waals surface area contributed by atoms with Crippen LogP contribution in [0.5, 0.6) is 0 Å². The molecule has 1 aromatic carbocycles. The van der Waals surface area contributed by atoms with Crippen LogP contribution in [0, 0.1) is 0 Å². The van der Waals surface area contributed by atoms with Crippen molar-refractivity contribution in [3.63, 3.8) is 0 Å². The summed E-state index contributed by atoms with van der Waals surface area (Å²) < 4.78 is 37.7. The number of likely N-dealkylation sites (N-methyl/N-ethyl adjacent to an activating group) is 1. The number of alkyl halides is 3. The zero-order chi connectivity index (χ0) is 15.3. The van der Waals surface area contributed by atoms with E-state index in [9.17, 15) is 22.8 Å². The van der Waals surface area contributed by atoms with Crippen molar-refractivity contribution in [3.8, 4) is 0 Å². The molecule has 110 valence electrons. The average Bonchev–Trinajstić information content (AvgIpc) is 2.34. The summed E-state index contributed by atoms with van der Waals surface area (Å²) in [7, 11) is 0. The lowest BCUT2D eigenvalue weighted by atomic mass is 10.1. The number of aromatic carboxylic acids is 1. The first-order valence-corrected chi connectivity index (χ1v) is 5.70. The van der Waals surface area contributed by atoms with Gasteiger partial charge < -0.3 is 15.7 Å². The third-order valence-electron chi connectivity index (χ3n) is 2.39. The van der Waals surface area contributed by atoms with Crippen molar-refractivity contribution in [2.45, 2.75) is 13.1 Å². The number of amides is 1. The second kappa shape index (κ2) is 6.38. The molecule has 5 nitrogen and oxygen atoms in total. The van der Waals surface area contributed by atoms with E-state index in [-0.39, 0.29) is 12.2 Å². The molecule has 1 aromatic rings. The topological polar surface area (TPSA) is 78.4 Å². The van der Waals surface area contributed by atoms with Crippen LogP contribution in [0.15, 0.2) is 18.2 Å². The van der Waals surface area contributed by atoms with Crippen LogP contribution in [0.25, 0.3) is 0 Å². The number of halogens is 3. The van der Waals surface area contributed by atoms with Gasteiger partial charge in [-0.3, -0.25) is 4.79 Å². The van der Waals surface area contributed by atoms with Gasteiger partial charge in [-0.05, 0) is 24.7 Å². The smallest absolute Gasteiger partial charge is 0.416 e. The van der Waals surface area contributed by atoms with Gasteiger partial charge in [-0.1, -0.05) is 6.92 Å². The minimum Gasteiger partial charge on any atom is -0.478 e. The summed E-state index contributed by atoms with van der Waals surface area (Å²) in [6.07, 6.45) is -4.61. The van der Waals surface area contributed by atoms with Gasteiger partial charge in [0, 0.05) is 0 Å². The Kier molecular flexibility index (Phi) is 5.09. The Labute approximate surface area is 112 Å². The molecule has 0 saturated carbocycles. The van der Waals surface area contributed by atoms with Crippen LogP contribution in [-0.2, 0) is 11.0 Å². The lowest BCUT2D eigenvalue weighted by molar-refractivity contribution is -0.137. The van der Waals surface area contributed by atoms with Crippen LogP contribution in [0.2, 0.25) is 0 Å². The van der Waals surface area contributed by atoms with Crippen LogP contribution >= 0.6 is 0 Å². The van der Waals surface area contributed by atoms with E-state index in [4.69, 9.17) is 5.11 Å². The van der Waals surface area contributed by atoms with Crippen LogP contribution in [0.4, 0.5) is 18.9 Å². The molecule has 0 aromatic heterocycles. The molecule has 8 heteroatoms. The van der Waals surface area contributed by atoms with Gasteiger partial charge in [0.15, 0.2) is 0 Å². The maximum atomic E-state index is 12.6. The second-order valence-electron chi connectivity index (χ2n) is 3.89. The number of carbonyl (C=O) groups is 2. The van der Waals surface area contributed by atoms with Crippen LogP contribution in [-0.4, -0.2) is 30.1 Å². The average molecular weight is 290 g/mol. The fraction of sp³-hybridized carbons (Fsp3) is 0.333. The number of hydrogen-bond acceptors (Lipinski definition) is 3. The molecule has 0 fully saturated rings. The van der Waals surface area contributed by atoms with Crippen molar-refractivity contribution in [1.29, 1.82) is 0 Å². The van der Waals surface area contributed by atoms with Gasteiger partial charge in [0.05, 0.1) is 23.4 Å². The van der Waals surface area contributed by atoms with Crippen LogP contribution in [0.3, 0.4) is 0 Å². The van der Waals surface area contributed by atoms with E-state index in [0.717, 1.165) is 6.07 Å². The second-order valence-corrected chi connectivity index (χ2v) is 3.89. The molecule has 0 saturated heterocycles. The normalized spacial score (nSPS) is 11.2. The Bertz CT molecular complexity index is 515. The molecule has 1 amide bonds. The van der Waals surface area contributed by atoms with Crippen molar-refractivity contribution in [2.24, 2.45) is 0 Å². The fourth-order valence-corrected chi connectivity index (χ4v) is 1.44. The molecule has 20 heavy (non-hydrogen) atoms. The van der Waals surface area contributed by atoms with Crippen molar-refractivity contribution in [3.05, 3.63) is 29.3 Å². The number of carboxylic acid groups (broad SMARTS) is 1.